The third-order valence-corrected chi connectivity index (χ3v) is 13.6. The molecule has 0 unspecified atom stereocenters. The molecule has 0 bridgehead atoms. The molecular formula is C56H40. The van der Waals surface area contributed by atoms with Crippen LogP contribution < -0.4 is 0 Å². The van der Waals surface area contributed by atoms with Gasteiger partial charge < -0.3 is 0 Å². The summed E-state index contributed by atoms with van der Waals surface area (Å²) in [6.45, 7) is 9.49. The molecule has 56 heavy (non-hydrogen) atoms. The van der Waals surface area contributed by atoms with Gasteiger partial charge in [-0.05, 0) is 133 Å². The van der Waals surface area contributed by atoms with Gasteiger partial charge >= 0.3 is 0 Å². The SMILES string of the molecule is CC1(C)c2ccccc2-c2c(-c3ccc4c5ccc(-c6cccc7c6-c6ccccc6C7(C)C)cc5c5c6ccccc6c6ccccc6c5c4c3)cccc21. The second-order valence-electron chi connectivity index (χ2n) is 17.2. The van der Waals surface area contributed by atoms with E-state index in [0.717, 1.165) is 0 Å². The summed E-state index contributed by atoms with van der Waals surface area (Å²) in [5.41, 5.74) is 16.1. The van der Waals surface area contributed by atoms with Crippen LogP contribution >= 0.6 is 0 Å². The molecule has 0 aromatic heterocycles. The minimum atomic E-state index is -0.0504. The molecule has 264 valence electrons. The summed E-state index contributed by atoms with van der Waals surface area (Å²) in [7, 11) is 0. The predicted octanol–water partition coefficient (Wildman–Crippen LogP) is 15.4. The van der Waals surface area contributed by atoms with Crippen LogP contribution in [-0.2, 0) is 10.8 Å². The highest BCUT2D eigenvalue weighted by Gasteiger charge is 2.38. The smallest absolute Gasteiger partial charge is 0.0159 e. The fourth-order valence-electron chi connectivity index (χ4n) is 11.0. The van der Waals surface area contributed by atoms with Gasteiger partial charge in [-0.3, -0.25) is 0 Å². The van der Waals surface area contributed by atoms with E-state index in [4.69, 9.17) is 0 Å². The monoisotopic (exact) mass is 712 g/mol. The molecule has 0 saturated heterocycles. The Morgan fingerprint density at radius 2 is 0.607 bits per heavy atom. The van der Waals surface area contributed by atoms with Crippen molar-refractivity contribution in [1.29, 1.82) is 0 Å². The Kier molecular flexibility index (Phi) is 6.28. The number of hydrogen-bond acceptors (Lipinski definition) is 0. The molecule has 0 N–H and O–H groups in total. The van der Waals surface area contributed by atoms with Crippen LogP contribution in [0.3, 0.4) is 0 Å². The first-order valence-corrected chi connectivity index (χ1v) is 20.0. The van der Waals surface area contributed by atoms with E-state index in [1.807, 2.05) is 0 Å². The summed E-state index contributed by atoms with van der Waals surface area (Å²) in [5, 5.41) is 13.1. The summed E-state index contributed by atoms with van der Waals surface area (Å²) in [6, 6.07) is 64.5. The first-order chi connectivity index (χ1) is 27.3. The molecule has 0 heterocycles. The molecule has 0 saturated carbocycles. The lowest BCUT2D eigenvalue weighted by Gasteiger charge is -2.22. The summed E-state index contributed by atoms with van der Waals surface area (Å²) < 4.78 is 0. The van der Waals surface area contributed by atoms with Gasteiger partial charge in [0.15, 0.2) is 0 Å². The van der Waals surface area contributed by atoms with Gasteiger partial charge in [0.1, 0.15) is 0 Å². The molecular weight excluding hydrogens is 673 g/mol. The quantitative estimate of drug-likeness (QED) is 0.157. The van der Waals surface area contributed by atoms with Crippen LogP contribution in [-0.4, -0.2) is 0 Å². The lowest BCUT2D eigenvalue weighted by atomic mass is 9.81. The molecule has 0 fully saturated rings. The van der Waals surface area contributed by atoms with E-state index in [9.17, 15) is 0 Å². The molecule has 12 rings (SSSR count). The highest BCUT2D eigenvalue weighted by Crippen LogP contribution is 2.55. The van der Waals surface area contributed by atoms with Gasteiger partial charge in [0.25, 0.3) is 0 Å². The second kappa shape index (κ2) is 11.1. The zero-order chi connectivity index (χ0) is 37.5. The Morgan fingerprint density at radius 3 is 1.05 bits per heavy atom. The highest BCUT2D eigenvalue weighted by atomic mass is 14.4. The standard InChI is InChI=1S/C56H40/c1-55(2)47-23-11-9-19-43(47)51-35(21-13-25-49(51)55)33-27-29-39-40-30-28-34(36-22-14-26-50-52(36)44-20-10-12-24-48(44)56(50,3)4)32-46(40)54-42-18-8-6-16-38(42)37-15-5-7-17-41(37)53(54)45(39)31-33/h5-32H,1-4H3. The zero-order valence-corrected chi connectivity index (χ0v) is 32.2. The number of fused-ring (bicyclic) bond motifs is 17. The van der Waals surface area contributed by atoms with Crippen molar-refractivity contribution in [2.45, 2.75) is 38.5 Å². The van der Waals surface area contributed by atoms with Gasteiger partial charge in [0, 0.05) is 10.8 Å². The molecule has 0 amide bonds. The normalized spacial score (nSPS) is 14.7. The van der Waals surface area contributed by atoms with Gasteiger partial charge in [-0.1, -0.05) is 185 Å². The zero-order valence-electron chi connectivity index (χ0n) is 32.2. The van der Waals surface area contributed by atoms with Crippen LogP contribution in [0, 0.1) is 0 Å². The minimum Gasteiger partial charge on any atom is -0.0619 e. The average Bonchev–Trinajstić information content (AvgIpc) is 3.63. The third kappa shape index (κ3) is 4.04. The van der Waals surface area contributed by atoms with E-state index < -0.39 is 0 Å². The Labute approximate surface area is 327 Å². The summed E-state index contributed by atoms with van der Waals surface area (Å²) in [6.07, 6.45) is 0. The highest BCUT2D eigenvalue weighted by molar-refractivity contribution is 6.40. The summed E-state index contributed by atoms with van der Waals surface area (Å²) in [5.74, 6) is 0. The first-order valence-electron chi connectivity index (χ1n) is 20.0. The van der Waals surface area contributed by atoms with E-state index in [1.54, 1.807) is 0 Å². The maximum absolute atomic E-state index is 2.50. The molecule has 0 aliphatic heterocycles. The molecule has 0 radical (unpaired) electrons. The summed E-state index contributed by atoms with van der Waals surface area (Å²) in [4.78, 5) is 0. The lowest BCUT2D eigenvalue weighted by molar-refractivity contribution is 0.660. The number of hydrogen-bond donors (Lipinski definition) is 0. The van der Waals surface area contributed by atoms with Crippen molar-refractivity contribution >= 4 is 53.9 Å². The minimum absolute atomic E-state index is 0.0504. The topological polar surface area (TPSA) is 0 Å². The van der Waals surface area contributed by atoms with Crippen LogP contribution in [0.1, 0.15) is 49.9 Å². The molecule has 0 spiro atoms. The largest absolute Gasteiger partial charge is 0.0619 e. The molecule has 10 aromatic rings. The van der Waals surface area contributed by atoms with Crippen LogP contribution in [0.25, 0.3) is 98.4 Å². The van der Waals surface area contributed by atoms with Crippen molar-refractivity contribution in [1.82, 2.24) is 0 Å². The van der Waals surface area contributed by atoms with Gasteiger partial charge in [-0.2, -0.15) is 0 Å². The van der Waals surface area contributed by atoms with E-state index in [-0.39, 0.29) is 10.8 Å². The fraction of sp³-hybridized carbons (Fsp3) is 0.107. The van der Waals surface area contributed by atoms with Crippen LogP contribution in [0.2, 0.25) is 0 Å². The average molecular weight is 713 g/mol. The van der Waals surface area contributed by atoms with Crippen molar-refractivity contribution in [2.75, 3.05) is 0 Å². The van der Waals surface area contributed by atoms with Gasteiger partial charge in [-0.15, -0.1) is 0 Å². The van der Waals surface area contributed by atoms with Gasteiger partial charge in [0.05, 0.1) is 0 Å². The van der Waals surface area contributed by atoms with Crippen molar-refractivity contribution in [3.63, 3.8) is 0 Å². The predicted molar refractivity (Wildman–Crippen MR) is 240 cm³/mol. The van der Waals surface area contributed by atoms with Gasteiger partial charge in [-0.25, -0.2) is 0 Å². The second-order valence-corrected chi connectivity index (χ2v) is 17.2. The Balaban J connectivity index is 1.20. The number of rotatable bonds is 2. The van der Waals surface area contributed by atoms with Crippen molar-refractivity contribution < 1.29 is 0 Å². The summed E-state index contributed by atoms with van der Waals surface area (Å²) >= 11 is 0. The van der Waals surface area contributed by atoms with Crippen LogP contribution in [0.5, 0.6) is 0 Å². The van der Waals surface area contributed by atoms with E-state index in [1.165, 1.54) is 121 Å². The molecule has 2 aliphatic rings. The van der Waals surface area contributed by atoms with Gasteiger partial charge in [0.2, 0.25) is 0 Å². The van der Waals surface area contributed by atoms with E-state index in [0.29, 0.717) is 0 Å². The maximum Gasteiger partial charge on any atom is 0.0159 e. The molecule has 2 aliphatic carbocycles. The Morgan fingerprint density at radius 1 is 0.268 bits per heavy atom. The fourth-order valence-corrected chi connectivity index (χ4v) is 11.0. The molecule has 0 atom stereocenters. The Hall–Kier alpha value is -6.50. The molecule has 10 aromatic carbocycles. The van der Waals surface area contributed by atoms with E-state index >= 15 is 0 Å². The van der Waals surface area contributed by atoms with E-state index in [2.05, 4.69) is 198 Å². The lowest BCUT2D eigenvalue weighted by Crippen LogP contribution is -2.14. The Bertz CT molecular complexity index is 3130. The van der Waals surface area contributed by atoms with Crippen molar-refractivity contribution in [2.24, 2.45) is 0 Å². The molecule has 0 nitrogen and oxygen atoms in total. The third-order valence-electron chi connectivity index (χ3n) is 13.6. The van der Waals surface area contributed by atoms with Crippen molar-refractivity contribution in [3.8, 4) is 44.5 Å². The van der Waals surface area contributed by atoms with Crippen molar-refractivity contribution in [3.05, 3.63) is 192 Å². The molecule has 0 heteroatoms. The van der Waals surface area contributed by atoms with Crippen LogP contribution in [0.15, 0.2) is 170 Å². The van der Waals surface area contributed by atoms with Crippen LogP contribution in [0.4, 0.5) is 0 Å². The number of benzene rings is 10. The first kappa shape index (κ1) is 31.8. The maximum atomic E-state index is 2.50.